The number of phenols is 1. The van der Waals surface area contributed by atoms with Gasteiger partial charge in [-0.2, -0.15) is 0 Å². The first-order valence-electron chi connectivity index (χ1n) is 7.18. The third-order valence-electron chi connectivity index (χ3n) is 3.74. The fourth-order valence-corrected chi connectivity index (χ4v) is 2.72. The monoisotopic (exact) mass is 281 g/mol. The second-order valence-electron chi connectivity index (χ2n) is 5.20. The van der Waals surface area contributed by atoms with Crippen LogP contribution >= 0.6 is 0 Å². The first kappa shape index (κ1) is 13.6. The van der Waals surface area contributed by atoms with E-state index in [1.165, 1.54) is 22.0 Å². The number of aromatic nitrogens is 1. The molecule has 0 fully saturated rings. The van der Waals surface area contributed by atoms with E-state index in [0.717, 1.165) is 6.54 Å². The predicted molar refractivity (Wildman–Crippen MR) is 84.8 cm³/mol. The van der Waals surface area contributed by atoms with E-state index >= 15 is 0 Å². The Morgan fingerprint density at radius 2 is 1.95 bits per heavy atom. The van der Waals surface area contributed by atoms with Gasteiger partial charge in [-0.1, -0.05) is 24.3 Å². The molecular weight excluding hydrogens is 262 g/mol. The number of benzene rings is 2. The highest BCUT2D eigenvalue weighted by atomic mass is 16.5. The molecule has 0 saturated heterocycles. The van der Waals surface area contributed by atoms with E-state index in [4.69, 9.17) is 4.74 Å². The predicted octanol–water partition coefficient (Wildman–Crippen LogP) is 4.25. The third-order valence-corrected chi connectivity index (χ3v) is 3.74. The summed E-state index contributed by atoms with van der Waals surface area (Å²) in [5, 5.41) is 10.7. The lowest BCUT2D eigenvalue weighted by molar-refractivity contribution is 0.305. The van der Waals surface area contributed by atoms with Crippen LogP contribution in [-0.4, -0.2) is 9.67 Å². The van der Waals surface area contributed by atoms with Crippen LogP contribution in [0, 0.1) is 6.92 Å². The molecule has 1 aromatic heterocycles. The molecule has 0 aliphatic heterocycles. The van der Waals surface area contributed by atoms with E-state index in [-0.39, 0.29) is 5.75 Å². The van der Waals surface area contributed by atoms with Crippen LogP contribution in [0.5, 0.6) is 11.5 Å². The average molecular weight is 281 g/mol. The third kappa shape index (κ3) is 2.59. The summed E-state index contributed by atoms with van der Waals surface area (Å²) in [4.78, 5) is 0. The van der Waals surface area contributed by atoms with Crippen molar-refractivity contribution in [1.82, 2.24) is 4.57 Å². The fourth-order valence-electron chi connectivity index (χ4n) is 2.72. The van der Waals surface area contributed by atoms with Gasteiger partial charge in [0.05, 0.1) is 5.52 Å². The molecule has 0 amide bonds. The lowest BCUT2D eigenvalue weighted by Crippen LogP contribution is -1.95. The number of hydrogen-bond donors (Lipinski definition) is 1. The molecule has 0 unspecified atom stereocenters. The lowest BCUT2D eigenvalue weighted by atomic mass is 10.1. The summed E-state index contributed by atoms with van der Waals surface area (Å²) in [5.74, 6) is 0.902. The Morgan fingerprint density at radius 1 is 1.14 bits per heavy atom. The fraction of sp³-hybridized carbons (Fsp3) is 0.222. The van der Waals surface area contributed by atoms with Crippen molar-refractivity contribution in [3.63, 3.8) is 0 Å². The Balaban J connectivity index is 1.92. The number of fused-ring (bicyclic) bond motifs is 1. The van der Waals surface area contributed by atoms with Gasteiger partial charge in [0.2, 0.25) is 0 Å². The number of aromatic hydroxyl groups is 1. The Hall–Kier alpha value is -2.42. The molecule has 3 aromatic rings. The minimum absolute atomic E-state index is 0.222. The van der Waals surface area contributed by atoms with Crippen molar-refractivity contribution < 1.29 is 9.84 Å². The summed E-state index contributed by atoms with van der Waals surface area (Å²) in [7, 11) is 0. The maximum Gasteiger partial charge on any atom is 0.123 e. The highest BCUT2D eigenvalue weighted by Crippen LogP contribution is 2.26. The zero-order valence-electron chi connectivity index (χ0n) is 12.3. The van der Waals surface area contributed by atoms with Crippen LogP contribution < -0.4 is 4.74 Å². The molecule has 0 spiro atoms. The number of aryl methyl sites for hydroxylation is 2. The molecule has 3 rings (SSSR count). The SMILES string of the molecule is CCn1cc(COc2cccc(O)c2)c2cccc(C)c21. The Bertz CT molecular complexity index is 774. The van der Waals surface area contributed by atoms with Gasteiger partial charge in [-0.25, -0.2) is 0 Å². The zero-order chi connectivity index (χ0) is 14.8. The van der Waals surface area contributed by atoms with E-state index in [0.29, 0.717) is 12.4 Å². The number of para-hydroxylation sites is 1. The normalized spacial score (nSPS) is 11.0. The number of ether oxygens (including phenoxy) is 1. The van der Waals surface area contributed by atoms with Crippen LogP contribution in [0.25, 0.3) is 10.9 Å². The highest BCUT2D eigenvalue weighted by Gasteiger charge is 2.10. The van der Waals surface area contributed by atoms with Crippen LogP contribution in [0.4, 0.5) is 0 Å². The molecule has 0 aliphatic rings. The molecule has 1 N–H and O–H groups in total. The van der Waals surface area contributed by atoms with Gasteiger partial charge in [-0.05, 0) is 31.5 Å². The lowest BCUT2D eigenvalue weighted by Gasteiger charge is -2.05. The Kier molecular flexibility index (Phi) is 3.57. The summed E-state index contributed by atoms with van der Waals surface area (Å²) < 4.78 is 8.06. The minimum atomic E-state index is 0.222. The Morgan fingerprint density at radius 3 is 2.71 bits per heavy atom. The van der Waals surface area contributed by atoms with Crippen LogP contribution in [0.3, 0.4) is 0 Å². The van der Waals surface area contributed by atoms with Crippen molar-refractivity contribution in [3.8, 4) is 11.5 Å². The standard InChI is InChI=1S/C18H19NO2/c1-3-19-11-14(17-9-4-6-13(2)18(17)19)12-21-16-8-5-7-15(20)10-16/h4-11,20H,3,12H2,1-2H3. The van der Waals surface area contributed by atoms with Gasteiger partial charge >= 0.3 is 0 Å². The Labute approximate surface area is 124 Å². The first-order chi connectivity index (χ1) is 10.2. The topological polar surface area (TPSA) is 34.4 Å². The number of phenolic OH excluding ortho intramolecular Hbond substituents is 1. The molecule has 0 aliphatic carbocycles. The molecule has 2 aromatic carbocycles. The summed E-state index contributed by atoms with van der Waals surface area (Å²) in [6, 6.07) is 13.2. The average Bonchev–Trinajstić information content (AvgIpc) is 2.85. The maximum absolute atomic E-state index is 9.48. The number of rotatable bonds is 4. The molecular formula is C18H19NO2. The van der Waals surface area contributed by atoms with Crippen molar-refractivity contribution in [2.75, 3.05) is 0 Å². The van der Waals surface area contributed by atoms with Crippen molar-refractivity contribution in [2.24, 2.45) is 0 Å². The summed E-state index contributed by atoms with van der Waals surface area (Å²) in [6.45, 7) is 5.71. The van der Waals surface area contributed by atoms with Crippen LogP contribution in [-0.2, 0) is 13.2 Å². The molecule has 3 heteroatoms. The van der Waals surface area contributed by atoms with Crippen LogP contribution in [0.2, 0.25) is 0 Å². The quantitative estimate of drug-likeness (QED) is 0.775. The summed E-state index contributed by atoms with van der Waals surface area (Å²) in [6.07, 6.45) is 2.15. The van der Waals surface area contributed by atoms with E-state index in [2.05, 4.69) is 42.8 Å². The summed E-state index contributed by atoms with van der Waals surface area (Å²) >= 11 is 0. The first-order valence-corrected chi connectivity index (χ1v) is 7.18. The molecule has 0 radical (unpaired) electrons. The van der Waals surface area contributed by atoms with Gasteiger partial charge in [-0.3, -0.25) is 0 Å². The molecule has 0 saturated carbocycles. The van der Waals surface area contributed by atoms with E-state index in [1.54, 1.807) is 18.2 Å². The molecule has 0 bridgehead atoms. The van der Waals surface area contributed by atoms with E-state index in [1.807, 2.05) is 6.07 Å². The molecule has 1 heterocycles. The maximum atomic E-state index is 9.48. The second-order valence-corrected chi connectivity index (χ2v) is 5.20. The van der Waals surface area contributed by atoms with Gasteiger partial charge in [-0.15, -0.1) is 0 Å². The van der Waals surface area contributed by atoms with E-state index < -0.39 is 0 Å². The minimum Gasteiger partial charge on any atom is -0.508 e. The van der Waals surface area contributed by atoms with Crippen molar-refractivity contribution in [3.05, 3.63) is 59.8 Å². The van der Waals surface area contributed by atoms with Gasteiger partial charge < -0.3 is 14.4 Å². The van der Waals surface area contributed by atoms with Crippen molar-refractivity contribution in [1.29, 1.82) is 0 Å². The van der Waals surface area contributed by atoms with Crippen LogP contribution in [0.15, 0.2) is 48.7 Å². The molecule has 21 heavy (non-hydrogen) atoms. The van der Waals surface area contributed by atoms with Crippen LogP contribution in [0.1, 0.15) is 18.1 Å². The summed E-state index contributed by atoms with van der Waals surface area (Å²) in [5.41, 5.74) is 3.71. The highest BCUT2D eigenvalue weighted by molar-refractivity contribution is 5.86. The number of hydrogen-bond acceptors (Lipinski definition) is 2. The largest absolute Gasteiger partial charge is 0.508 e. The smallest absolute Gasteiger partial charge is 0.123 e. The van der Waals surface area contributed by atoms with Crippen molar-refractivity contribution in [2.45, 2.75) is 27.0 Å². The zero-order valence-corrected chi connectivity index (χ0v) is 12.3. The van der Waals surface area contributed by atoms with Gasteiger partial charge in [0.25, 0.3) is 0 Å². The van der Waals surface area contributed by atoms with Gasteiger partial charge in [0.15, 0.2) is 0 Å². The number of nitrogens with zero attached hydrogens (tertiary/aromatic N) is 1. The molecule has 0 atom stereocenters. The van der Waals surface area contributed by atoms with E-state index in [9.17, 15) is 5.11 Å². The second kappa shape index (κ2) is 5.52. The molecule has 108 valence electrons. The molecule has 3 nitrogen and oxygen atoms in total. The van der Waals surface area contributed by atoms with Crippen molar-refractivity contribution >= 4 is 10.9 Å². The van der Waals surface area contributed by atoms with Gasteiger partial charge in [0.1, 0.15) is 18.1 Å². The van der Waals surface area contributed by atoms with Gasteiger partial charge in [0, 0.05) is 29.8 Å².